The van der Waals surface area contributed by atoms with Gasteiger partial charge in [-0.2, -0.15) is 4.98 Å². The van der Waals surface area contributed by atoms with E-state index in [9.17, 15) is 0 Å². The van der Waals surface area contributed by atoms with Crippen LogP contribution in [0, 0.1) is 0 Å². The van der Waals surface area contributed by atoms with Crippen molar-refractivity contribution in [3.8, 4) is 0 Å². The van der Waals surface area contributed by atoms with Gasteiger partial charge in [-0.05, 0) is 26.7 Å². The van der Waals surface area contributed by atoms with Crippen LogP contribution < -0.4 is 5.73 Å². The fourth-order valence-corrected chi connectivity index (χ4v) is 2.52. The summed E-state index contributed by atoms with van der Waals surface area (Å²) in [4.78, 5) is 4.49. The second-order valence-corrected chi connectivity index (χ2v) is 5.23. The van der Waals surface area contributed by atoms with Crippen molar-refractivity contribution >= 4 is 0 Å². The van der Waals surface area contributed by atoms with Gasteiger partial charge in [0.25, 0.3) is 0 Å². The van der Waals surface area contributed by atoms with E-state index in [0.29, 0.717) is 25.5 Å². The SMILES string of the molecule is CCOCCc1noc(C2(C)CCCCC2N)n1. The summed E-state index contributed by atoms with van der Waals surface area (Å²) < 4.78 is 10.7. The second-order valence-electron chi connectivity index (χ2n) is 5.23. The summed E-state index contributed by atoms with van der Waals surface area (Å²) in [6, 6.07) is 0.117. The number of ether oxygens (including phenoxy) is 1. The van der Waals surface area contributed by atoms with Crippen LogP contribution >= 0.6 is 0 Å². The van der Waals surface area contributed by atoms with Crippen LogP contribution in [0.3, 0.4) is 0 Å². The van der Waals surface area contributed by atoms with E-state index in [1.165, 1.54) is 12.8 Å². The van der Waals surface area contributed by atoms with Crippen molar-refractivity contribution in [2.75, 3.05) is 13.2 Å². The highest BCUT2D eigenvalue weighted by molar-refractivity contribution is 5.10. The lowest BCUT2D eigenvalue weighted by atomic mass is 9.72. The fourth-order valence-electron chi connectivity index (χ4n) is 2.52. The molecule has 1 aliphatic carbocycles. The van der Waals surface area contributed by atoms with Crippen LogP contribution in [0.5, 0.6) is 0 Å². The van der Waals surface area contributed by atoms with E-state index in [1.807, 2.05) is 6.92 Å². The summed E-state index contributed by atoms with van der Waals surface area (Å²) in [5, 5.41) is 4.02. The van der Waals surface area contributed by atoms with Crippen molar-refractivity contribution in [1.29, 1.82) is 0 Å². The lowest BCUT2D eigenvalue weighted by molar-refractivity contribution is 0.149. The molecule has 2 rings (SSSR count). The van der Waals surface area contributed by atoms with Crippen LogP contribution in [0.1, 0.15) is 51.2 Å². The Hall–Kier alpha value is -0.940. The van der Waals surface area contributed by atoms with E-state index >= 15 is 0 Å². The minimum Gasteiger partial charge on any atom is -0.381 e. The highest BCUT2D eigenvalue weighted by atomic mass is 16.5. The van der Waals surface area contributed by atoms with Gasteiger partial charge in [0.05, 0.1) is 12.0 Å². The molecule has 18 heavy (non-hydrogen) atoms. The second kappa shape index (κ2) is 5.80. The molecule has 0 radical (unpaired) electrons. The maximum absolute atomic E-state index is 6.22. The predicted molar refractivity (Wildman–Crippen MR) is 68.3 cm³/mol. The van der Waals surface area contributed by atoms with Crippen LogP contribution in [0.25, 0.3) is 0 Å². The van der Waals surface area contributed by atoms with E-state index in [-0.39, 0.29) is 11.5 Å². The Morgan fingerprint density at radius 3 is 3.06 bits per heavy atom. The van der Waals surface area contributed by atoms with E-state index in [1.54, 1.807) is 0 Å². The molecule has 1 aliphatic rings. The Kier molecular flexibility index (Phi) is 4.35. The zero-order valence-corrected chi connectivity index (χ0v) is 11.3. The van der Waals surface area contributed by atoms with Crippen LogP contribution in [-0.4, -0.2) is 29.4 Å². The largest absolute Gasteiger partial charge is 0.381 e. The minimum atomic E-state index is -0.158. The molecule has 2 unspecified atom stereocenters. The van der Waals surface area contributed by atoms with Gasteiger partial charge in [0.2, 0.25) is 5.89 Å². The van der Waals surface area contributed by atoms with Crippen molar-refractivity contribution in [2.45, 2.75) is 57.4 Å². The van der Waals surface area contributed by atoms with Crippen LogP contribution in [0.2, 0.25) is 0 Å². The van der Waals surface area contributed by atoms with E-state index in [2.05, 4.69) is 17.1 Å². The molecule has 1 saturated carbocycles. The Balaban J connectivity index is 2.04. The number of hydrogen-bond donors (Lipinski definition) is 1. The van der Waals surface area contributed by atoms with Crippen molar-refractivity contribution in [1.82, 2.24) is 10.1 Å². The molecule has 5 heteroatoms. The van der Waals surface area contributed by atoms with E-state index in [0.717, 1.165) is 18.7 Å². The highest BCUT2D eigenvalue weighted by Gasteiger charge is 2.40. The number of nitrogens with zero attached hydrogens (tertiary/aromatic N) is 2. The third kappa shape index (κ3) is 2.72. The molecule has 1 aromatic heterocycles. The van der Waals surface area contributed by atoms with Gasteiger partial charge in [0.15, 0.2) is 5.82 Å². The number of aromatic nitrogens is 2. The van der Waals surface area contributed by atoms with Gasteiger partial charge in [0.1, 0.15) is 0 Å². The molecular weight excluding hydrogens is 230 g/mol. The lowest BCUT2D eigenvalue weighted by Crippen LogP contribution is -2.45. The van der Waals surface area contributed by atoms with Gasteiger partial charge in [-0.3, -0.25) is 0 Å². The zero-order valence-electron chi connectivity index (χ0n) is 11.3. The van der Waals surface area contributed by atoms with E-state index in [4.69, 9.17) is 15.0 Å². The van der Waals surface area contributed by atoms with E-state index < -0.39 is 0 Å². The molecule has 0 amide bonds. The molecule has 1 heterocycles. The normalized spacial score (nSPS) is 28.5. The van der Waals surface area contributed by atoms with Gasteiger partial charge in [-0.1, -0.05) is 18.0 Å². The molecule has 5 nitrogen and oxygen atoms in total. The average Bonchev–Trinajstić information content (AvgIpc) is 2.83. The quantitative estimate of drug-likeness (QED) is 0.810. The van der Waals surface area contributed by atoms with Crippen LogP contribution in [0.4, 0.5) is 0 Å². The van der Waals surface area contributed by atoms with Crippen molar-refractivity contribution in [2.24, 2.45) is 5.73 Å². The first-order valence-electron chi connectivity index (χ1n) is 6.83. The van der Waals surface area contributed by atoms with Crippen molar-refractivity contribution in [3.05, 3.63) is 11.7 Å². The average molecular weight is 253 g/mol. The Labute approximate surface area is 108 Å². The molecule has 102 valence electrons. The summed E-state index contributed by atoms with van der Waals surface area (Å²) >= 11 is 0. The third-order valence-corrected chi connectivity index (χ3v) is 3.91. The number of hydrogen-bond acceptors (Lipinski definition) is 5. The van der Waals surface area contributed by atoms with Gasteiger partial charge < -0.3 is 15.0 Å². The molecule has 0 saturated heterocycles. The summed E-state index contributed by atoms with van der Waals surface area (Å²) in [5.74, 6) is 1.42. The summed E-state index contributed by atoms with van der Waals surface area (Å²) in [7, 11) is 0. The third-order valence-electron chi connectivity index (χ3n) is 3.91. The number of rotatable bonds is 5. The molecule has 0 spiro atoms. The van der Waals surface area contributed by atoms with Crippen LogP contribution in [-0.2, 0) is 16.6 Å². The molecule has 0 aromatic carbocycles. The smallest absolute Gasteiger partial charge is 0.234 e. The predicted octanol–water partition coefficient (Wildman–Crippen LogP) is 1.81. The maximum atomic E-state index is 6.22. The van der Waals surface area contributed by atoms with Crippen molar-refractivity contribution in [3.63, 3.8) is 0 Å². The maximum Gasteiger partial charge on any atom is 0.234 e. The summed E-state index contributed by atoms with van der Waals surface area (Å²) in [6.07, 6.45) is 5.14. The molecule has 2 atom stereocenters. The van der Waals surface area contributed by atoms with Gasteiger partial charge >= 0.3 is 0 Å². The van der Waals surface area contributed by atoms with Gasteiger partial charge in [0, 0.05) is 19.1 Å². The summed E-state index contributed by atoms with van der Waals surface area (Å²) in [5.41, 5.74) is 6.07. The monoisotopic (exact) mass is 253 g/mol. The zero-order chi connectivity index (χ0) is 13.0. The Morgan fingerprint density at radius 1 is 1.50 bits per heavy atom. The first-order valence-corrected chi connectivity index (χ1v) is 6.83. The van der Waals surface area contributed by atoms with Crippen LogP contribution in [0.15, 0.2) is 4.52 Å². The van der Waals surface area contributed by atoms with Crippen molar-refractivity contribution < 1.29 is 9.26 Å². The number of nitrogens with two attached hydrogens (primary N) is 1. The Bertz CT molecular complexity index is 380. The highest BCUT2D eigenvalue weighted by Crippen LogP contribution is 2.37. The molecule has 1 aromatic rings. The standard InChI is InChI=1S/C13H23N3O2/c1-3-17-9-7-11-15-12(18-16-11)13(2)8-5-4-6-10(13)14/h10H,3-9,14H2,1-2H3. The lowest BCUT2D eigenvalue weighted by Gasteiger charge is -2.35. The fraction of sp³-hybridized carbons (Fsp3) is 0.846. The molecule has 0 bridgehead atoms. The topological polar surface area (TPSA) is 74.2 Å². The Morgan fingerprint density at radius 2 is 2.33 bits per heavy atom. The van der Waals surface area contributed by atoms with Gasteiger partial charge in [-0.15, -0.1) is 0 Å². The summed E-state index contributed by atoms with van der Waals surface area (Å²) in [6.45, 7) is 5.46. The first kappa shape index (κ1) is 13.5. The molecule has 2 N–H and O–H groups in total. The molecule has 1 fully saturated rings. The first-order chi connectivity index (χ1) is 8.66. The molecule has 0 aliphatic heterocycles. The molecular formula is C13H23N3O2. The minimum absolute atomic E-state index is 0.117. The van der Waals surface area contributed by atoms with Gasteiger partial charge in [-0.25, -0.2) is 0 Å².